The maximum absolute atomic E-state index is 13.2. The number of sulfonamides is 1. The van der Waals surface area contributed by atoms with Crippen LogP contribution in [0.1, 0.15) is 18.4 Å². The predicted octanol–water partition coefficient (Wildman–Crippen LogP) is 2.07. The fourth-order valence-corrected chi connectivity index (χ4v) is 4.69. The van der Waals surface area contributed by atoms with Crippen LogP contribution in [0.15, 0.2) is 24.3 Å². The van der Waals surface area contributed by atoms with Crippen LogP contribution in [0, 0.1) is 5.82 Å². The Kier molecular flexibility index (Phi) is 6.48. The van der Waals surface area contributed by atoms with E-state index in [2.05, 4.69) is 4.90 Å². The number of alkyl halides is 3. The van der Waals surface area contributed by atoms with Crippen LogP contribution >= 0.6 is 0 Å². The minimum absolute atomic E-state index is 0.0959. The molecule has 0 spiro atoms. The Hall–Kier alpha value is -1.72. The molecule has 3 rings (SSSR count). The number of nitrogens with zero attached hydrogens (tertiary/aromatic N) is 2. The van der Waals surface area contributed by atoms with Crippen LogP contribution in [0.25, 0.3) is 0 Å². The number of rotatable bonds is 3. The number of carbonyl (C=O) groups is 1. The highest BCUT2D eigenvalue weighted by Crippen LogP contribution is 2.34. The first-order valence-electron chi connectivity index (χ1n) is 8.15. The molecule has 1 aromatic carbocycles. The smallest absolute Gasteiger partial charge is 0.475 e. The summed E-state index contributed by atoms with van der Waals surface area (Å²) in [6, 6.07) is 7.00. The molecule has 2 fully saturated rings. The van der Waals surface area contributed by atoms with Crippen molar-refractivity contribution < 1.29 is 35.9 Å². The predicted molar refractivity (Wildman–Crippen MR) is 88.9 cm³/mol. The van der Waals surface area contributed by atoms with Gasteiger partial charge in [-0.25, -0.2) is 17.6 Å². The molecule has 0 amide bonds. The lowest BCUT2D eigenvalue weighted by atomic mass is 10.1. The van der Waals surface area contributed by atoms with E-state index in [4.69, 9.17) is 9.90 Å². The number of aliphatic carboxylic acids is 1. The Labute approximate surface area is 154 Å². The number of fused-ring (bicyclic) bond motifs is 1. The first kappa shape index (κ1) is 21.6. The number of likely N-dealkylation sites (tertiary alicyclic amines) is 1. The van der Waals surface area contributed by atoms with E-state index >= 15 is 0 Å². The quantitative estimate of drug-likeness (QED) is 0.769. The molecular weight excluding hydrogens is 392 g/mol. The van der Waals surface area contributed by atoms with Gasteiger partial charge in [-0.3, -0.25) is 4.90 Å². The third-order valence-electron chi connectivity index (χ3n) is 4.58. The molecule has 0 saturated carbocycles. The van der Waals surface area contributed by atoms with E-state index in [9.17, 15) is 26.0 Å². The number of halogens is 4. The maximum atomic E-state index is 13.2. The molecule has 6 nitrogen and oxygen atoms in total. The lowest BCUT2D eigenvalue weighted by Crippen LogP contribution is -2.38. The van der Waals surface area contributed by atoms with Gasteiger partial charge in [0.25, 0.3) is 0 Å². The first-order valence-corrected chi connectivity index (χ1v) is 10.00. The summed E-state index contributed by atoms with van der Waals surface area (Å²) in [6.07, 6.45) is -2.06. The molecule has 1 N–H and O–H groups in total. The standard InChI is InChI=1S/C14H19FN2O2S.C2HF3O2/c1-20(18,19)17-8-6-13-14(17)5-7-16(13)10-11-3-2-4-12(15)9-11;3-2(4,5)1(6)7/h2-4,9,13-14H,5-8,10H2,1H3;(H,6,7)/t13-,14+;/m1./s1. The van der Waals surface area contributed by atoms with Crippen molar-refractivity contribution in [3.8, 4) is 0 Å². The zero-order valence-electron chi connectivity index (χ0n) is 14.5. The third-order valence-corrected chi connectivity index (χ3v) is 5.89. The second kappa shape index (κ2) is 8.11. The molecule has 0 aromatic heterocycles. The monoisotopic (exact) mass is 412 g/mol. The van der Waals surface area contributed by atoms with Crippen LogP contribution in [0.4, 0.5) is 17.6 Å². The zero-order valence-corrected chi connectivity index (χ0v) is 15.3. The van der Waals surface area contributed by atoms with Crippen LogP contribution in [0.2, 0.25) is 0 Å². The molecule has 2 atom stereocenters. The average Bonchev–Trinajstić information content (AvgIpc) is 3.09. The molecular formula is C16H20F4N2O4S. The largest absolute Gasteiger partial charge is 0.490 e. The summed E-state index contributed by atoms with van der Waals surface area (Å²) in [4.78, 5) is 11.2. The van der Waals surface area contributed by atoms with E-state index in [1.807, 2.05) is 6.07 Å². The van der Waals surface area contributed by atoms with Crippen LogP contribution in [0.3, 0.4) is 0 Å². The molecule has 152 valence electrons. The summed E-state index contributed by atoms with van der Waals surface area (Å²) in [7, 11) is -3.11. The first-order chi connectivity index (χ1) is 12.4. The molecule has 2 heterocycles. The fourth-order valence-electron chi connectivity index (χ4n) is 3.51. The van der Waals surface area contributed by atoms with E-state index < -0.39 is 22.2 Å². The topological polar surface area (TPSA) is 77.9 Å². The minimum atomic E-state index is -5.08. The van der Waals surface area contributed by atoms with Crippen LogP contribution in [-0.2, 0) is 21.4 Å². The van der Waals surface area contributed by atoms with Crippen molar-refractivity contribution in [1.82, 2.24) is 9.21 Å². The van der Waals surface area contributed by atoms with Gasteiger partial charge in [0.05, 0.1) is 6.26 Å². The van der Waals surface area contributed by atoms with Gasteiger partial charge in [0.15, 0.2) is 0 Å². The summed E-state index contributed by atoms with van der Waals surface area (Å²) in [5.41, 5.74) is 0.948. The van der Waals surface area contributed by atoms with Crippen LogP contribution < -0.4 is 0 Å². The van der Waals surface area contributed by atoms with Gasteiger partial charge in [-0.1, -0.05) is 12.1 Å². The van der Waals surface area contributed by atoms with Crippen molar-refractivity contribution in [3.05, 3.63) is 35.6 Å². The molecule has 2 aliphatic rings. The highest BCUT2D eigenvalue weighted by atomic mass is 32.2. The molecule has 0 bridgehead atoms. The summed E-state index contributed by atoms with van der Waals surface area (Å²) in [5, 5.41) is 7.12. The minimum Gasteiger partial charge on any atom is -0.475 e. The maximum Gasteiger partial charge on any atom is 0.490 e. The lowest BCUT2D eigenvalue weighted by molar-refractivity contribution is -0.192. The summed E-state index contributed by atoms with van der Waals surface area (Å²) >= 11 is 0. The van der Waals surface area contributed by atoms with Crippen molar-refractivity contribution in [1.29, 1.82) is 0 Å². The summed E-state index contributed by atoms with van der Waals surface area (Å²) in [5.74, 6) is -2.98. The Morgan fingerprint density at radius 1 is 1.22 bits per heavy atom. The Morgan fingerprint density at radius 3 is 2.33 bits per heavy atom. The van der Waals surface area contributed by atoms with Gasteiger partial charge >= 0.3 is 12.1 Å². The molecule has 2 aliphatic heterocycles. The second-order valence-corrected chi connectivity index (χ2v) is 8.42. The number of benzene rings is 1. The van der Waals surface area contributed by atoms with E-state index in [0.29, 0.717) is 13.1 Å². The number of carboxylic acid groups (broad SMARTS) is 1. The molecule has 11 heteroatoms. The van der Waals surface area contributed by atoms with Crippen molar-refractivity contribution in [2.45, 2.75) is 37.6 Å². The van der Waals surface area contributed by atoms with Gasteiger partial charge in [0.2, 0.25) is 10.0 Å². The molecule has 27 heavy (non-hydrogen) atoms. The van der Waals surface area contributed by atoms with E-state index in [1.54, 1.807) is 16.4 Å². The van der Waals surface area contributed by atoms with Gasteiger partial charge in [-0.05, 0) is 30.5 Å². The van der Waals surface area contributed by atoms with E-state index in [-0.39, 0.29) is 17.9 Å². The zero-order chi connectivity index (χ0) is 20.4. The van der Waals surface area contributed by atoms with Crippen molar-refractivity contribution in [2.24, 2.45) is 0 Å². The number of hydrogen-bond donors (Lipinski definition) is 1. The van der Waals surface area contributed by atoms with Crippen LogP contribution in [0.5, 0.6) is 0 Å². The van der Waals surface area contributed by atoms with Crippen molar-refractivity contribution in [2.75, 3.05) is 19.3 Å². The average molecular weight is 412 g/mol. The van der Waals surface area contributed by atoms with E-state index in [0.717, 1.165) is 24.9 Å². The van der Waals surface area contributed by atoms with E-state index in [1.165, 1.54) is 12.3 Å². The molecule has 0 radical (unpaired) electrons. The summed E-state index contributed by atoms with van der Waals surface area (Å²) < 4.78 is 70.1. The van der Waals surface area contributed by atoms with Crippen LogP contribution in [-0.4, -0.2) is 66.3 Å². The lowest BCUT2D eigenvalue weighted by Gasteiger charge is -2.24. The van der Waals surface area contributed by atoms with Crippen molar-refractivity contribution in [3.63, 3.8) is 0 Å². The Bertz CT molecular complexity index is 785. The molecule has 0 aliphatic carbocycles. The normalized spacial score (nSPS) is 23.6. The fraction of sp³-hybridized carbons (Fsp3) is 0.562. The third kappa shape index (κ3) is 5.63. The van der Waals surface area contributed by atoms with Crippen molar-refractivity contribution >= 4 is 16.0 Å². The molecule has 2 saturated heterocycles. The molecule has 1 aromatic rings. The highest BCUT2D eigenvalue weighted by Gasteiger charge is 2.45. The SMILES string of the molecule is CS(=O)(=O)N1CC[C@@H]2[C@@H]1CCN2Cc1cccc(F)c1.O=C(O)C(F)(F)F. The van der Waals surface area contributed by atoms with Gasteiger partial charge < -0.3 is 5.11 Å². The van der Waals surface area contributed by atoms with Gasteiger partial charge in [0, 0.05) is 31.7 Å². The number of carboxylic acids is 1. The van der Waals surface area contributed by atoms with Gasteiger partial charge in [0.1, 0.15) is 5.82 Å². The molecule has 0 unspecified atom stereocenters. The Morgan fingerprint density at radius 2 is 1.81 bits per heavy atom. The second-order valence-electron chi connectivity index (χ2n) is 6.49. The highest BCUT2D eigenvalue weighted by molar-refractivity contribution is 7.88. The van der Waals surface area contributed by atoms with Gasteiger partial charge in [-0.2, -0.15) is 17.5 Å². The number of hydrogen-bond acceptors (Lipinski definition) is 4. The Balaban J connectivity index is 0.000000321. The van der Waals surface area contributed by atoms with Gasteiger partial charge in [-0.15, -0.1) is 0 Å². The summed E-state index contributed by atoms with van der Waals surface area (Å²) in [6.45, 7) is 2.17.